The van der Waals surface area contributed by atoms with Gasteiger partial charge in [-0.05, 0) is 42.2 Å². The number of hydrogen-bond donors (Lipinski definition) is 2. The highest BCUT2D eigenvalue weighted by molar-refractivity contribution is 5.77. The molecular weight excluding hydrogens is 445 g/mol. The van der Waals surface area contributed by atoms with Crippen molar-refractivity contribution in [3.05, 3.63) is 72.1 Å². The topological polar surface area (TPSA) is 92.0 Å². The Kier molecular flexibility index (Phi) is 7.36. The minimum Gasteiger partial charge on any atom is -0.395 e. The van der Waals surface area contributed by atoms with E-state index >= 15 is 4.39 Å². The van der Waals surface area contributed by atoms with Crippen molar-refractivity contribution < 1.29 is 9.50 Å². The van der Waals surface area contributed by atoms with Crippen molar-refractivity contribution in [1.29, 1.82) is 0 Å². The largest absolute Gasteiger partial charge is 0.395 e. The Labute approximate surface area is 204 Å². The molecule has 0 atom stereocenters. The van der Waals surface area contributed by atoms with Crippen molar-refractivity contribution in [1.82, 2.24) is 30.0 Å². The van der Waals surface area contributed by atoms with Gasteiger partial charge in [0.2, 0.25) is 0 Å². The van der Waals surface area contributed by atoms with Crippen molar-refractivity contribution in [3.8, 4) is 11.3 Å². The van der Waals surface area contributed by atoms with E-state index in [0.717, 1.165) is 17.5 Å². The number of nitrogens with zero attached hydrogens (tertiary/aromatic N) is 6. The maximum atomic E-state index is 15.6. The van der Waals surface area contributed by atoms with Gasteiger partial charge in [-0.3, -0.25) is 9.67 Å². The SMILES string of the molecule is C=C(CN(c1ccc2ncc(-c3cnn(C)c3)nc2n1)c1cc(CC)cc(CC)c1F)NCCO. The van der Waals surface area contributed by atoms with Crippen molar-refractivity contribution in [3.63, 3.8) is 0 Å². The summed E-state index contributed by atoms with van der Waals surface area (Å²) in [6.07, 6.45) is 6.64. The first-order valence-corrected chi connectivity index (χ1v) is 11.7. The first kappa shape index (κ1) is 24.3. The van der Waals surface area contributed by atoms with Gasteiger partial charge in [0.05, 0.1) is 36.9 Å². The fraction of sp³-hybridized carbons (Fsp3) is 0.308. The monoisotopic (exact) mass is 475 g/mol. The zero-order valence-electron chi connectivity index (χ0n) is 20.3. The summed E-state index contributed by atoms with van der Waals surface area (Å²) in [5.74, 6) is 0.244. The summed E-state index contributed by atoms with van der Waals surface area (Å²) < 4.78 is 17.3. The summed E-state index contributed by atoms with van der Waals surface area (Å²) in [5, 5.41) is 16.5. The molecule has 0 saturated heterocycles. The zero-order chi connectivity index (χ0) is 24.9. The normalized spacial score (nSPS) is 11.1. The molecule has 3 aromatic heterocycles. The Morgan fingerprint density at radius 3 is 2.69 bits per heavy atom. The molecule has 3 heterocycles. The number of pyridine rings is 1. The second kappa shape index (κ2) is 10.6. The predicted octanol–water partition coefficient (Wildman–Crippen LogP) is 3.92. The van der Waals surface area contributed by atoms with E-state index < -0.39 is 0 Å². The van der Waals surface area contributed by atoms with Crippen LogP contribution in [-0.2, 0) is 19.9 Å². The molecule has 0 aliphatic heterocycles. The first-order chi connectivity index (χ1) is 16.9. The van der Waals surface area contributed by atoms with E-state index in [1.807, 2.05) is 51.4 Å². The number of aliphatic hydroxyl groups is 1. The zero-order valence-corrected chi connectivity index (χ0v) is 20.3. The van der Waals surface area contributed by atoms with Crippen LogP contribution in [0.3, 0.4) is 0 Å². The van der Waals surface area contributed by atoms with Crippen LogP contribution in [0.25, 0.3) is 22.4 Å². The highest BCUT2D eigenvalue weighted by atomic mass is 19.1. The third kappa shape index (κ3) is 5.30. The molecule has 0 spiro atoms. The lowest BCUT2D eigenvalue weighted by Crippen LogP contribution is -2.29. The molecule has 0 unspecified atom stereocenters. The fourth-order valence-electron chi connectivity index (χ4n) is 3.89. The van der Waals surface area contributed by atoms with E-state index in [4.69, 9.17) is 9.97 Å². The first-order valence-electron chi connectivity index (χ1n) is 11.7. The van der Waals surface area contributed by atoms with Crippen LogP contribution in [0, 0.1) is 5.82 Å². The molecule has 182 valence electrons. The molecular formula is C26H30FN7O. The number of rotatable bonds is 10. The van der Waals surface area contributed by atoms with Gasteiger partial charge in [0.15, 0.2) is 5.65 Å². The van der Waals surface area contributed by atoms with Crippen LogP contribution in [0.1, 0.15) is 25.0 Å². The average Bonchev–Trinajstić information content (AvgIpc) is 3.32. The lowest BCUT2D eigenvalue weighted by atomic mass is 10.0. The van der Waals surface area contributed by atoms with E-state index in [-0.39, 0.29) is 19.0 Å². The Morgan fingerprint density at radius 2 is 2.00 bits per heavy atom. The third-order valence-corrected chi connectivity index (χ3v) is 5.77. The molecule has 0 aliphatic carbocycles. The number of fused-ring (bicyclic) bond motifs is 1. The molecule has 0 aliphatic rings. The number of nitrogens with one attached hydrogen (secondary N) is 1. The van der Waals surface area contributed by atoms with Crippen LogP contribution in [-0.4, -0.2) is 49.5 Å². The lowest BCUT2D eigenvalue weighted by molar-refractivity contribution is 0.297. The van der Waals surface area contributed by atoms with Gasteiger partial charge >= 0.3 is 0 Å². The molecule has 8 nitrogen and oxygen atoms in total. The van der Waals surface area contributed by atoms with E-state index in [1.54, 1.807) is 22.0 Å². The van der Waals surface area contributed by atoms with Gasteiger partial charge in [0.1, 0.15) is 17.2 Å². The molecule has 0 saturated carbocycles. The maximum absolute atomic E-state index is 15.6. The van der Waals surface area contributed by atoms with Gasteiger partial charge < -0.3 is 15.3 Å². The number of halogens is 1. The molecule has 2 N–H and O–H groups in total. The Morgan fingerprint density at radius 1 is 1.17 bits per heavy atom. The summed E-state index contributed by atoms with van der Waals surface area (Å²) >= 11 is 0. The van der Waals surface area contributed by atoms with Crippen molar-refractivity contribution >= 4 is 22.7 Å². The minimum atomic E-state index is -0.281. The third-order valence-electron chi connectivity index (χ3n) is 5.77. The standard InChI is InChI=1S/C26H30FN7O/c1-5-18-11-19(6-2)25(27)23(12-18)34(15-17(3)28-9-10-35)24-8-7-21-26(32-24)31-22(14-29-21)20-13-30-33(4)16-20/h7-8,11-14,16,28,35H,3,5-6,9-10,15H2,1-2,4H3. The van der Waals surface area contributed by atoms with Crippen molar-refractivity contribution in [2.24, 2.45) is 7.05 Å². The molecule has 0 fully saturated rings. The van der Waals surface area contributed by atoms with Crippen LogP contribution in [0.15, 0.2) is 55.1 Å². The smallest absolute Gasteiger partial charge is 0.180 e. The summed E-state index contributed by atoms with van der Waals surface area (Å²) in [4.78, 5) is 15.8. The Balaban J connectivity index is 1.82. The van der Waals surface area contributed by atoms with Crippen molar-refractivity contribution in [2.75, 3.05) is 24.6 Å². The molecule has 35 heavy (non-hydrogen) atoms. The predicted molar refractivity (Wildman–Crippen MR) is 136 cm³/mol. The van der Waals surface area contributed by atoms with Crippen LogP contribution in [0.4, 0.5) is 15.9 Å². The Bertz CT molecular complexity index is 1350. The molecule has 4 aromatic rings. The number of aryl methyl sites for hydroxylation is 3. The van der Waals surface area contributed by atoms with E-state index in [9.17, 15) is 5.11 Å². The Hall–Kier alpha value is -3.85. The van der Waals surface area contributed by atoms with E-state index in [2.05, 4.69) is 22.0 Å². The van der Waals surface area contributed by atoms with Gasteiger partial charge in [-0.1, -0.05) is 26.5 Å². The van der Waals surface area contributed by atoms with Crippen molar-refractivity contribution in [2.45, 2.75) is 26.7 Å². The maximum Gasteiger partial charge on any atom is 0.180 e. The summed E-state index contributed by atoms with van der Waals surface area (Å²) in [6.45, 7) is 8.65. The molecule has 1 aromatic carbocycles. The van der Waals surface area contributed by atoms with Crippen LogP contribution in [0.2, 0.25) is 0 Å². The van der Waals surface area contributed by atoms with Crippen LogP contribution in [0.5, 0.6) is 0 Å². The number of aliphatic hydroxyl groups excluding tert-OH is 1. The number of anilines is 2. The highest BCUT2D eigenvalue weighted by Crippen LogP contribution is 2.32. The number of hydrogen-bond acceptors (Lipinski definition) is 7. The summed E-state index contributed by atoms with van der Waals surface area (Å²) in [7, 11) is 1.84. The van der Waals surface area contributed by atoms with Gasteiger partial charge in [-0.15, -0.1) is 0 Å². The fourth-order valence-corrected chi connectivity index (χ4v) is 3.89. The molecule has 0 amide bonds. The quantitative estimate of drug-likeness (QED) is 0.359. The van der Waals surface area contributed by atoms with Gasteiger partial charge in [-0.2, -0.15) is 5.10 Å². The highest BCUT2D eigenvalue weighted by Gasteiger charge is 2.20. The van der Waals surface area contributed by atoms with Gasteiger partial charge in [-0.25, -0.2) is 14.4 Å². The lowest BCUT2D eigenvalue weighted by Gasteiger charge is -2.27. The minimum absolute atomic E-state index is 0.0282. The summed E-state index contributed by atoms with van der Waals surface area (Å²) in [5.41, 5.74) is 5.33. The molecule has 0 radical (unpaired) electrons. The molecule has 9 heteroatoms. The molecule has 0 bridgehead atoms. The van der Waals surface area contributed by atoms with Gasteiger partial charge in [0.25, 0.3) is 0 Å². The van der Waals surface area contributed by atoms with E-state index in [0.29, 0.717) is 52.6 Å². The number of aromatic nitrogens is 5. The second-order valence-electron chi connectivity index (χ2n) is 8.31. The van der Waals surface area contributed by atoms with Gasteiger partial charge in [0, 0.05) is 31.0 Å². The number of benzene rings is 1. The average molecular weight is 476 g/mol. The van der Waals surface area contributed by atoms with Crippen LogP contribution >= 0.6 is 0 Å². The summed E-state index contributed by atoms with van der Waals surface area (Å²) in [6, 6.07) is 7.41. The van der Waals surface area contributed by atoms with E-state index in [1.165, 1.54) is 0 Å². The second-order valence-corrected chi connectivity index (χ2v) is 8.31. The molecule has 4 rings (SSSR count). The van der Waals surface area contributed by atoms with Crippen LogP contribution < -0.4 is 10.2 Å².